The standard InChI is InChI=1S/C15H22F2N2OS/c1-4-6-18-14-12(16)8-11(9-13(14)17)15(20)19-10(2)5-7-21-3/h8-10,18H,4-7H2,1-3H3,(H,19,20). The number of carbonyl (C=O) groups excluding carboxylic acids is 1. The van der Waals surface area contributed by atoms with Crippen LogP contribution in [0.25, 0.3) is 0 Å². The maximum atomic E-state index is 13.8. The minimum Gasteiger partial charge on any atom is -0.380 e. The van der Waals surface area contributed by atoms with Crippen LogP contribution in [0.5, 0.6) is 0 Å². The molecule has 0 saturated heterocycles. The molecule has 0 aromatic heterocycles. The summed E-state index contributed by atoms with van der Waals surface area (Å²) in [6, 6.07) is 2.10. The number of anilines is 1. The van der Waals surface area contributed by atoms with E-state index in [0.29, 0.717) is 6.54 Å². The topological polar surface area (TPSA) is 41.1 Å². The fourth-order valence-electron chi connectivity index (χ4n) is 1.80. The van der Waals surface area contributed by atoms with Gasteiger partial charge in [0.2, 0.25) is 0 Å². The average molecular weight is 316 g/mol. The molecule has 1 unspecified atom stereocenters. The molecule has 1 amide bonds. The van der Waals surface area contributed by atoms with Crippen molar-refractivity contribution < 1.29 is 13.6 Å². The van der Waals surface area contributed by atoms with Crippen LogP contribution >= 0.6 is 11.8 Å². The van der Waals surface area contributed by atoms with Gasteiger partial charge in [-0.1, -0.05) is 6.92 Å². The number of benzene rings is 1. The van der Waals surface area contributed by atoms with Crippen molar-refractivity contribution in [3.05, 3.63) is 29.3 Å². The van der Waals surface area contributed by atoms with E-state index in [4.69, 9.17) is 0 Å². The zero-order valence-electron chi connectivity index (χ0n) is 12.6. The molecule has 21 heavy (non-hydrogen) atoms. The van der Waals surface area contributed by atoms with Crippen molar-refractivity contribution in [3.63, 3.8) is 0 Å². The summed E-state index contributed by atoms with van der Waals surface area (Å²) in [5.74, 6) is -1.02. The van der Waals surface area contributed by atoms with Gasteiger partial charge in [-0.2, -0.15) is 11.8 Å². The highest BCUT2D eigenvalue weighted by atomic mass is 32.2. The van der Waals surface area contributed by atoms with E-state index in [1.807, 2.05) is 20.1 Å². The molecular formula is C15H22F2N2OS. The van der Waals surface area contributed by atoms with Crippen molar-refractivity contribution in [1.82, 2.24) is 5.32 Å². The quantitative estimate of drug-likeness (QED) is 0.769. The molecular weight excluding hydrogens is 294 g/mol. The molecule has 0 aliphatic heterocycles. The molecule has 1 aromatic carbocycles. The van der Waals surface area contributed by atoms with Crippen LogP contribution in [0.15, 0.2) is 12.1 Å². The lowest BCUT2D eigenvalue weighted by Gasteiger charge is -2.14. The fraction of sp³-hybridized carbons (Fsp3) is 0.533. The molecule has 3 nitrogen and oxygen atoms in total. The van der Waals surface area contributed by atoms with E-state index in [1.54, 1.807) is 11.8 Å². The number of hydrogen-bond acceptors (Lipinski definition) is 3. The summed E-state index contributed by atoms with van der Waals surface area (Å²) in [6.45, 7) is 4.25. The summed E-state index contributed by atoms with van der Waals surface area (Å²) < 4.78 is 27.7. The molecule has 1 rings (SSSR count). The summed E-state index contributed by atoms with van der Waals surface area (Å²) in [7, 11) is 0. The molecule has 0 aliphatic carbocycles. The van der Waals surface area contributed by atoms with Gasteiger partial charge in [0.15, 0.2) is 0 Å². The Kier molecular flexibility index (Phi) is 7.50. The minimum absolute atomic E-state index is 0.00282. The van der Waals surface area contributed by atoms with Gasteiger partial charge in [0, 0.05) is 18.2 Å². The highest BCUT2D eigenvalue weighted by Crippen LogP contribution is 2.21. The number of carbonyl (C=O) groups is 1. The van der Waals surface area contributed by atoms with Gasteiger partial charge in [-0.25, -0.2) is 8.78 Å². The molecule has 0 spiro atoms. The van der Waals surface area contributed by atoms with E-state index >= 15 is 0 Å². The third kappa shape index (κ3) is 5.53. The smallest absolute Gasteiger partial charge is 0.251 e. The zero-order valence-corrected chi connectivity index (χ0v) is 13.4. The average Bonchev–Trinajstić information content (AvgIpc) is 2.44. The Labute approximate surface area is 128 Å². The summed E-state index contributed by atoms with van der Waals surface area (Å²) in [4.78, 5) is 12.0. The molecule has 1 atom stereocenters. The van der Waals surface area contributed by atoms with E-state index in [2.05, 4.69) is 10.6 Å². The van der Waals surface area contributed by atoms with Gasteiger partial charge in [-0.3, -0.25) is 4.79 Å². The Morgan fingerprint density at radius 3 is 2.48 bits per heavy atom. The molecule has 1 aromatic rings. The number of halogens is 2. The van der Waals surface area contributed by atoms with Crippen LogP contribution in [0.3, 0.4) is 0 Å². The van der Waals surface area contributed by atoms with Gasteiger partial charge < -0.3 is 10.6 Å². The van der Waals surface area contributed by atoms with Gasteiger partial charge in [-0.15, -0.1) is 0 Å². The van der Waals surface area contributed by atoms with E-state index < -0.39 is 17.5 Å². The molecule has 2 N–H and O–H groups in total. The number of nitrogens with one attached hydrogen (secondary N) is 2. The third-order valence-electron chi connectivity index (χ3n) is 2.99. The van der Waals surface area contributed by atoms with Crippen molar-refractivity contribution in [2.24, 2.45) is 0 Å². The number of hydrogen-bond donors (Lipinski definition) is 2. The highest BCUT2D eigenvalue weighted by Gasteiger charge is 2.16. The van der Waals surface area contributed by atoms with Crippen molar-refractivity contribution in [3.8, 4) is 0 Å². The van der Waals surface area contributed by atoms with Gasteiger partial charge in [-0.05, 0) is 43.9 Å². The Hall–Kier alpha value is -1.30. The molecule has 0 aliphatic rings. The van der Waals surface area contributed by atoms with E-state index in [0.717, 1.165) is 30.7 Å². The number of thioether (sulfide) groups is 1. The summed E-state index contributed by atoms with van der Waals surface area (Å²) in [6.07, 6.45) is 3.56. The zero-order chi connectivity index (χ0) is 15.8. The van der Waals surface area contributed by atoms with Crippen LogP contribution in [0.1, 0.15) is 37.0 Å². The molecule has 0 fully saturated rings. The fourth-order valence-corrected chi connectivity index (χ4v) is 2.39. The van der Waals surface area contributed by atoms with Crippen LogP contribution in [0, 0.1) is 11.6 Å². The third-order valence-corrected chi connectivity index (χ3v) is 3.63. The second-order valence-electron chi connectivity index (χ2n) is 4.90. The maximum Gasteiger partial charge on any atom is 0.251 e. The first-order valence-electron chi connectivity index (χ1n) is 7.02. The first-order valence-corrected chi connectivity index (χ1v) is 8.41. The van der Waals surface area contributed by atoms with Crippen LogP contribution in [-0.2, 0) is 0 Å². The molecule has 0 bridgehead atoms. The number of rotatable bonds is 8. The van der Waals surface area contributed by atoms with Crippen molar-refractivity contribution >= 4 is 23.4 Å². The van der Waals surface area contributed by atoms with E-state index in [-0.39, 0.29) is 17.3 Å². The predicted molar refractivity (Wildman–Crippen MR) is 85.1 cm³/mol. The normalized spacial score (nSPS) is 12.0. The van der Waals surface area contributed by atoms with Crippen molar-refractivity contribution in [2.45, 2.75) is 32.7 Å². The second-order valence-corrected chi connectivity index (χ2v) is 5.88. The lowest BCUT2D eigenvalue weighted by Crippen LogP contribution is -2.33. The lowest BCUT2D eigenvalue weighted by molar-refractivity contribution is 0.0938. The van der Waals surface area contributed by atoms with Crippen LogP contribution in [0.4, 0.5) is 14.5 Å². The van der Waals surface area contributed by atoms with Gasteiger partial charge in [0.05, 0.1) is 0 Å². The Morgan fingerprint density at radius 2 is 1.95 bits per heavy atom. The largest absolute Gasteiger partial charge is 0.380 e. The summed E-state index contributed by atoms with van der Waals surface area (Å²) in [5, 5.41) is 5.42. The maximum absolute atomic E-state index is 13.8. The Bertz CT molecular complexity index is 460. The van der Waals surface area contributed by atoms with Crippen molar-refractivity contribution in [2.75, 3.05) is 23.9 Å². The minimum atomic E-state index is -0.745. The van der Waals surface area contributed by atoms with E-state index in [9.17, 15) is 13.6 Å². The van der Waals surface area contributed by atoms with Gasteiger partial charge in [0.1, 0.15) is 17.3 Å². The summed E-state index contributed by atoms with van der Waals surface area (Å²) >= 11 is 1.69. The molecule has 6 heteroatoms. The summed E-state index contributed by atoms with van der Waals surface area (Å²) in [5.41, 5.74) is -0.174. The lowest BCUT2D eigenvalue weighted by atomic mass is 10.1. The first-order chi connectivity index (χ1) is 9.99. The monoisotopic (exact) mass is 316 g/mol. The van der Waals surface area contributed by atoms with Crippen LogP contribution in [0.2, 0.25) is 0 Å². The number of amides is 1. The molecule has 118 valence electrons. The van der Waals surface area contributed by atoms with E-state index in [1.165, 1.54) is 0 Å². The highest BCUT2D eigenvalue weighted by molar-refractivity contribution is 7.98. The Balaban J connectivity index is 2.77. The second kappa shape index (κ2) is 8.87. The molecule has 0 heterocycles. The van der Waals surface area contributed by atoms with Gasteiger partial charge in [0.25, 0.3) is 5.91 Å². The van der Waals surface area contributed by atoms with Crippen LogP contribution in [-0.4, -0.2) is 30.5 Å². The predicted octanol–water partition coefficient (Wildman–Crippen LogP) is 3.66. The molecule has 0 radical (unpaired) electrons. The SMILES string of the molecule is CCCNc1c(F)cc(C(=O)NC(C)CCSC)cc1F. The first kappa shape index (κ1) is 17.8. The molecule has 0 saturated carbocycles. The van der Waals surface area contributed by atoms with Gasteiger partial charge >= 0.3 is 0 Å². The van der Waals surface area contributed by atoms with Crippen LogP contribution < -0.4 is 10.6 Å². The van der Waals surface area contributed by atoms with Crippen molar-refractivity contribution in [1.29, 1.82) is 0 Å². The Morgan fingerprint density at radius 1 is 1.33 bits per heavy atom.